The zero-order valence-corrected chi connectivity index (χ0v) is 19.2. The van der Waals surface area contributed by atoms with Crippen molar-refractivity contribution in [3.05, 3.63) is 42.0 Å². The third-order valence-electron chi connectivity index (χ3n) is 7.00. The van der Waals surface area contributed by atoms with Gasteiger partial charge in [-0.1, -0.05) is 30.4 Å². The van der Waals surface area contributed by atoms with Crippen LogP contribution in [0.1, 0.15) is 18.0 Å². The molecular weight excluding hydrogens is 406 g/mol. The van der Waals surface area contributed by atoms with Crippen LogP contribution in [-0.2, 0) is 9.59 Å². The van der Waals surface area contributed by atoms with Crippen molar-refractivity contribution in [2.45, 2.75) is 12.5 Å². The highest BCUT2D eigenvalue weighted by Crippen LogP contribution is 2.52. The molecule has 32 heavy (non-hydrogen) atoms. The third kappa shape index (κ3) is 3.99. The summed E-state index contributed by atoms with van der Waals surface area (Å²) in [5, 5.41) is 6.60. The molecular formula is C24H33N5O3. The molecule has 8 heteroatoms. The fraction of sp³-hybridized carbons (Fsp3) is 0.542. The molecule has 2 fully saturated rings. The monoisotopic (exact) mass is 439 g/mol. The number of carbonyl (C=O) groups is 2. The molecule has 1 aromatic carbocycles. The molecule has 1 heterocycles. The Labute approximate surface area is 189 Å². The molecule has 1 saturated carbocycles. The maximum absolute atomic E-state index is 12.8. The van der Waals surface area contributed by atoms with E-state index in [1.54, 1.807) is 14.2 Å². The average molecular weight is 440 g/mol. The number of amides is 2. The maximum atomic E-state index is 12.8. The second-order valence-corrected chi connectivity index (χ2v) is 8.93. The molecule has 0 radical (unpaired) electrons. The van der Waals surface area contributed by atoms with Crippen LogP contribution in [0.15, 0.2) is 41.4 Å². The lowest BCUT2D eigenvalue weighted by Crippen LogP contribution is -2.45. The van der Waals surface area contributed by atoms with Crippen LogP contribution in [-0.4, -0.2) is 75.5 Å². The SMILES string of the molecule is CN=C(NCCN1C(=O)C2C3C=CC(C3)C2C1=O)NCC(c1ccccc1OC)N(C)C. The van der Waals surface area contributed by atoms with Gasteiger partial charge in [-0.3, -0.25) is 19.5 Å². The summed E-state index contributed by atoms with van der Waals surface area (Å²) in [6, 6.07) is 8.06. The van der Waals surface area contributed by atoms with Gasteiger partial charge in [0.2, 0.25) is 11.8 Å². The second kappa shape index (κ2) is 9.32. The molecule has 1 saturated heterocycles. The van der Waals surface area contributed by atoms with E-state index in [0.29, 0.717) is 25.6 Å². The summed E-state index contributed by atoms with van der Waals surface area (Å²) in [5.41, 5.74) is 1.09. The molecule has 1 aliphatic heterocycles. The first-order valence-electron chi connectivity index (χ1n) is 11.2. The molecule has 1 aromatic rings. The van der Waals surface area contributed by atoms with Crippen molar-refractivity contribution in [2.75, 3.05) is 47.9 Å². The number of rotatable bonds is 8. The van der Waals surface area contributed by atoms with E-state index >= 15 is 0 Å². The highest BCUT2D eigenvalue weighted by Gasteiger charge is 2.58. The Morgan fingerprint density at radius 1 is 1.16 bits per heavy atom. The quantitative estimate of drug-likeness (QED) is 0.275. The van der Waals surface area contributed by atoms with E-state index in [1.165, 1.54) is 4.90 Å². The van der Waals surface area contributed by atoms with Gasteiger partial charge in [0.15, 0.2) is 5.96 Å². The zero-order valence-electron chi connectivity index (χ0n) is 19.2. The maximum Gasteiger partial charge on any atom is 0.233 e. The fourth-order valence-corrected chi connectivity index (χ4v) is 5.40. The zero-order chi connectivity index (χ0) is 22.8. The Hall–Kier alpha value is -2.87. The summed E-state index contributed by atoms with van der Waals surface area (Å²) < 4.78 is 5.53. The number of nitrogens with zero attached hydrogens (tertiary/aromatic N) is 3. The van der Waals surface area contributed by atoms with Crippen molar-refractivity contribution >= 4 is 17.8 Å². The first kappa shape index (κ1) is 22.3. The molecule has 2 amide bonds. The summed E-state index contributed by atoms with van der Waals surface area (Å²) in [6.07, 6.45) is 5.19. The van der Waals surface area contributed by atoms with E-state index in [1.807, 2.05) is 32.3 Å². The van der Waals surface area contributed by atoms with Gasteiger partial charge in [-0.05, 0) is 38.4 Å². The number of hydrogen-bond acceptors (Lipinski definition) is 5. The van der Waals surface area contributed by atoms with Gasteiger partial charge in [0.1, 0.15) is 5.75 Å². The number of allylic oxidation sites excluding steroid dienone is 2. The molecule has 2 bridgehead atoms. The first-order valence-corrected chi connectivity index (χ1v) is 11.2. The van der Waals surface area contributed by atoms with Gasteiger partial charge < -0.3 is 20.3 Å². The lowest BCUT2D eigenvalue weighted by atomic mass is 9.85. The fourth-order valence-electron chi connectivity index (χ4n) is 5.40. The lowest BCUT2D eigenvalue weighted by molar-refractivity contribution is -0.140. The van der Waals surface area contributed by atoms with Crippen LogP contribution in [0.5, 0.6) is 5.75 Å². The van der Waals surface area contributed by atoms with Crippen molar-refractivity contribution < 1.29 is 14.3 Å². The Bertz CT molecular complexity index is 898. The van der Waals surface area contributed by atoms with Crippen molar-refractivity contribution in [3.8, 4) is 5.75 Å². The van der Waals surface area contributed by atoms with Crippen molar-refractivity contribution in [3.63, 3.8) is 0 Å². The smallest absolute Gasteiger partial charge is 0.233 e. The van der Waals surface area contributed by atoms with Crippen molar-refractivity contribution in [1.82, 2.24) is 20.4 Å². The number of likely N-dealkylation sites (tertiary alicyclic amines) is 1. The molecule has 5 unspecified atom stereocenters. The summed E-state index contributed by atoms with van der Waals surface area (Å²) in [5.74, 6) is 1.66. The number of carbonyl (C=O) groups excluding carboxylic acids is 2. The number of guanidine groups is 1. The minimum absolute atomic E-state index is 0.00885. The molecule has 0 spiro atoms. The number of hydrogen-bond donors (Lipinski definition) is 2. The molecule has 0 aromatic heterocycles. The van der Waals surface area contributed by atoms with Crippen LogP contribution in [0.25, 0.3) is 0 Å². The second-order valence-electron chi connectivity index (χ2n) is 8.93. The van der Waals surface area contributed by atoms with Crippen molar-refractivity contribution in [2.24, 2.45) is 28.7 Å². The van der Waals surface area contributed by atoms with E-state index in [0.717, 1.165) is 17.7 Å². The molecule has 4 rings (SSSR count). The lowest BCUT2D eigenvalue weighted by Gasteiger charge is -2.27. The number of likely N-dealkylation sites (N-methyl/N-ethyl adjacent to an activating group) is 1. The predicted molar refractivity (Wildman–Crippen MR) is 123 cm³/mol. The van der Waals surface area contributed by atoms with E-state index in [2.05, 4.69) is 38.7 Å². The minimum Gasteiger partial charge on any atom is -0.496 e. The Morgan fingerprint density at radius 2 is 1.81 bits per heavy atom. The molecule has 8 nitrogen and oxygen atoms in total. The Balaban J connectivity index is 1.31. The van der Waals surface area contributed by atoms with Crippen LogP contribution in [0.3, 0.4) is 0 Å². The van der Waals surface area contributed by atoms with Gasteiger partial charge in [0.25, 0.3) is 0 Å². The Morgan fingerprint density at radius 3 is 2.41 bits per heavy atom. The van der Waals surface area contributed by atoms with Gasteiger partial charge in [0.05, 0.1) is 25.0 Å². The third-order valence-corrected chi connectivity index (χ3v) is 7.00. The summed E-state index contributed by atoms with van der Waals surface area (Å²) in [6.45, 7) is 1.43. The average Bonchev–Trinajstić information content (AvgIpc) is 3.47. The number of benzene rings is 1. The Kier molecular flexibility index (Phi) is 6.50. The van der Waals surface area contributed by atoms with E-state index in [-0.39, 0.29) is 41.5 Å². The molecule has 172 valence electrons. The number of ether oxygens (including phenoxy) is 1. The molecule has 5 atom stereocenters. The van der Waals surface area contributed by atoms with Gasteiger partial charge in [-0.25, -0.2) is 0 Å². The van der Waals surface area contributed by atoms with E-state index in [4.69, 9.17) is 4.74 Å². The normalized spacial score (nSPS) is 27.3. The highest BCUT2D eigenvalue weighted by molar-refractivity contribution is 6.06. The van der Waals surface area contributed by atoms with Gasteiger partial charge >= 0.3 is 0 Å². The largest absolute Gasteiger partial charge is 0.496 e. The molecule has 2 N–H and O–H groups in total. The van der Waals surface area contributed by atoms with Crippen LogP contribution in [0.4, 0.5) is 0 Å². The van der Waals surface area contributed by atoms with Crippen molar-refractivity contribution in [1.29, 1.82) is 0 Å². The number of para-hydroxylation sites is 1. The van der Waals surface area contributed by atoms with Crippen LogP contribution < -0.4 is 15.4 Å². The molecule has 2 aliphatic carbocycles. The minimum atomic E-state index is -0.142. The topological polar surface area (TPSA) is 86.3 Å². The number of imide groups is 1. The van der Waals surface area contributed by atoms with Crippen LogP contribution >= 0.6 is 0 Å². The predicted octanol–water partition coefficient (Wildman–Crippen LogP) is 1.27. The number of aliphatic imine (C=N–C) groups is 1. The summed E-state index contributed by atoms with van der Waals surface area (Å²) in [4.78, 5) is 33.5. The highest BCUT2D eigenvalue weighted by atomic mass is 16.5. The number of methoxy groups -OCH3 is 1. The van der Waals surface area contributed by atoms with E-state index < -0.39 is 0 Å². The van der Waals surface area contributed by atoms with Gasteiger partial charge in [-0.2, -0.15) is 0 Å². The summed E-state index contributed by atoms with van der Waals surface area (Å²) in [7, 11) is 7.44. The van der Waals surface area contributed by atoms with Gasteiger partial charge in [-0.15, -0.1) is 0 Å². The first-order chi connectivity index (χ1) is 15.5. The summed E-state index contributed by atoms with van der Waals surface area (Å²) >= 11 is 0. The van der Waals surface area contributed by atoms with Crippen LogP contribution in [0.2, 0.25) is 0 Å². The number of nitrogens with one attached hydrogen (secondary N) is 2. The standard InChI is InChI=1S/C24H33N5O3/c1-25-24(27-14-18(28(2)3)17-7-5-6-8-19(17)32-4)26-11-12-29-22(30)20-15-9-10-16(13-15)21(20)23(29)31/h5-10,15-16,18,20-21H,11-14H2,1-4H3,(H2,25,26,27). The molecule has 3 aliphatic rings. The van der Waals surface area contributed by atoms with Gasteiger partial charge in [0, 0.05) is 32.2 Å². The van der Waals surface area contributed by atoms with Crippen LogP contribution in [0, 0.1) is 23.7 Å². The number of fused-ring (bicyclic) bond motifs is 5. The van der Waals surface area contributed by atoms with E-state index in [9.17, 15) is 9.59 Å².